The van der Waals surface area contributed by atoms with Crippen molar-refractivity contribution in [1.82, 2.24) is 0 Å². The first kappa shape index (κ1) is 19.6. The standard InChI is InChI=1S/C28H28P/c1-22-19-20-23(2)28(24(22)3)21-29(25-13-7-4-8-14-25,26-15-9-5-10-16-26)27-17-11-6-12-18-27/h4-20H,21H2,1-3H3/q+1. The van der Waals surface area contributed by atoms with Crippen molar-refractivity contribution in [3.63, 3.8) is 0 Å². The lowest BCUT2D eigenvalue weighted by atomic mass is 10.00. The Hall–Kier alpha value is -2.69. The summed E-state index contributed by atoms with van der Waals surface area (Å²) in [4.78, 5) is 0. The molecule has 0 saturated heterocycles. The Balaban J connectivity index is 2.05. The summed E-state index contributed by atoms with van der Waals surface area (Å²) >= 11 is 0. The van der Waals surface area contributed by atoms with E-state index in [0.29, 0.717) is 0 Å². The molecule has 4 aromatic carbocycles. The Morgan fingerprint density at radius 1 is 0.483 bits per heavy atom. The molecule has 0 heterocycles. The van der Waals surface area contributed by atoms with Gasteiger partial charge in [-0.15, -0.1) is 0 Å². The van der Waals surface area contributed by atoms with E-state index < -0.39 is 7.26 Å². The average molecular weight is 396 g/mol. The summed E-state index contributed by atoms with van der Waals surface area (Å²) in [6.07, 6.45) is 1.05. The summed E-state index contributed by atoms with van der Waals surface area (Å²) in [5.74, 6) is 0. The normalized spacial score (nSPS) is 11.4. The van der Waals surface area contributed by atoms with Crippen molar-refractivity contribution in [3.05, 3.63) is 125 Å². The van der Waals surface area contributed by atoms with Crippen molar-refractivity contribution >= 4 is 23.2 Å². The van der Waals surface area contributed by atoms with Gasteiger partial charge in [-0.1, -0.05) is 66.7 Å². The molecule has 0 aromatic heterocycles. The third-order valence-electron chi connectivity index (χ3n) is 6.09. The maximum atomic E-state index is 2.33. The molecule has 0 atom stereocenters. The van der Waals surface area contributed by atoms with Crippen LogP contribution in [0.15, 0.2) is 103 Å². The quantitative estimate of drug-likeness (QED) is 0.358. The van der Waals surface area contributed by atoms with E-state index in [2.05, 4.69) is 124 Å². The van der Waals surface area contributed by atoms with Crippen molar-refractivity contribution in [2.24, 2.45) is 0 Å². The Morgan fingerprint density at radius 2 is 0.862 bits per heavy atom. The van der Waals surface area contributed by atoms with E-state index in [-0.39, 0.29) is 0 Å². The predicted molar refractivity (Wildman–Crippen MR) is 130 cm³/mol. The molecule has 0 aliphatic rings. The number of hydrogen-bond donors (Lipinski definition) is 0. The van der Waals surface area contributed by atoms with Crippen LogP contribution in [0.3, 0.4) is 0 Å². The second kappa shape index (κ2) is 8.36. The lowest BCUT2D eigenvalue weighted by Crippen LogP contribution is -2.32. The van der Waals surface area contributed by atoms with Crippen molar-refractivity contribution in [3.8, 4) is 0 Å². The molecule has 0 radical (unpaired) electrons. The van der Waals surface area contributed by atoms with Gasteiger partial charge in [0.15, 0.2) is 0 Å². The highest BCUT2D eigenvalue weighted by Crippen LogP contribution is 2.58. The molecule has 0 amide bonds. The van der Waals surface area contributed by atoms with E-state index in [1.807, 2.05) is 0 Å². The minimum absolute atomic E-state index is 1.05. The van der Waals surface area contributed by atoms with Crippen LogP contribution >= 0.6 is 7.26 Å². The third-order valence-corrected chi connectivity index (χ3v) is 10.4. The van der Waals surface area contributed by atoms with Gasteiger partial charge in [0.2, 0.25) is 0 Å². The van der Waals surface area contributed by atoms with Crippen LogP contribution in [-0.2, 0) is 6.16 Å². The predicted octanol–water partition coefficient (Wildman–Crippen LogP) is 6.11. The Labute approximate surface area is 175 Å². The average Bonchev–Trinajstić information content (AvgIpc) is 2.79. The fourth-order valence-electron chi connectivity index (χ4n) is 4.26. The molecule has 0 N–H and O–H groups in total. The van der Waals surface area contributed by atoms with Crippen molar-refractivity contribution in [1.29, 1.82) is 0 Å². The van der Waals surface area contributed by atoms with Gasteiger partial charge in [-0.2, -0.15) is 0 Å². The van der Waals surface area contributed by atoms with Crippen LogP contribution in [-0.4, -0.2) is 0 Å². The van der Waals surface area contributed by atoms with Crippen molar-refractivity contribution in [2.75, 3.05) is 0 Å². The molecule has 4 rings (SSSR count). The molecule has 0 unspecified atom stereocenters. The van der Waals surface area contributed by atoms with Gasteiger partial charge in [0.1, 0.15) is 23.2 Å². The second-order valence-corrected chi connectivity index (χ2v) is 11.3. The lowest BCUT2D eigenvalue weighted by molar-refractivity contribution is 1.19. The fraction of sp³-hybridized carbons (Fsp3) is 0.143. The molecule has 0 fully saturated rings. The number of rotatable bonds is 5. The molecule has 0 aliphatic heterocycles. The maximum absolute atomic E-state index is 2.33. The van der Waals surface area contributed by atoms with Crippen molar-refractivity contribution < 1.29 is 0 Å². The van der Waals surface area contributed by atoms with Gasteiger partial charge in [0.05, 0.1) is 6.16 Å². The van der Waals surface area contributed by atoms with E-state index in [1.165, 1.54) is 38.2 Å². The SMILES string of the molecule is Cc1ccc(C)c(C[P+](c2ccccc2)(c2ccccc2)c2ccccc2)c1C. The molecule has 1 heteroatoms. The summed E-state index contributed by atoms with van der Waals surface area (Å²) in [6.45, 7) is 6.77. The van der Waals surface area contributed by atoms with Crippen LogP contribution in [0.2, 0.25) is 0 Å². The van der Waals surface area contributed by atoms with Crippen LogP contribution in [0.25, 0.3) is 0 Å². The second-order valence-electron chi connectivity index (χ2n) is 7.78. The summed E-state index contributed by atoms with van der Waals surface area (Å²) in [6, 6.07) is 38.0. The topological polar surface area (TPSA) is 0 Å². The number of hydrogen-bond acceptors (Lipinski definition) is 0. The molecule has 0 aliphatic carbocycles. The Kier molecular flexibility index (Phi) is 5.65. The Morgan fingerprint density at radius 3 is 1.28 bits per heavy atom. The van der Waals surface area contributed by atoms with Crippen LogP contribution < -0.4 is 15.9 Å². The zero-order valence-electron chi connectivity index (χ0n) is 17.5. The molecule has 0 saturated carbocycles. The highest BCUT2D eigenvalue weighted by molar-refractivity contribution is 7.95. The largest absolute Gasteiger partial charge is 0.116 e. The molecule has 0 nitrogen and oxygen atoms in total. The molecule has 0 spiro atoms. The van der Waals surface area contributed by atoms with Gasteiger partial charge in [-0.05, 0) is 79.4 Å². The van der Waals surface area contributed by atoms with Crippen LogP contribution in [0.4, 0.5) is 0 Å². The zero-order valence-corrected chi connectivity index (χ0v) is 18.4. The third kappa shape index (κ3) is 3.66. The van der Waals surface area contributed by atoms with Gasteiger partial charge < -0.3 is 0 Å². The van der Waals surface area contributed by atoms with E-state index in [1.54, 1.807) is 0 Å². The van der Waals surface area contributed by atoms with Gasteiger partial charge in [-0.25, -0.2) is 0 Å². The summed E-state index contributed by atoms with van der Waals surface area (Å²) in [7, 11) is -1.85. The van der Waals surface area contributed by atoms with Crippen LogP contribution in [0.1, 0.15) is 22.3 Å². The summed E-state index contributed by atoms with van der Waals surface area (Å²) in [5, 5.41) is 4.33. The highest BCUT2D eigenvalue weighted by Gasteiger charge is 2.45. The highest BCUT2D eigenvalue weighted by atomic mass is 31.2. The summed E-state index contributed by atoms with van der Waals surface area (Å²) < 4.78 is 0. The first-order valence-electron chi connectivity index (χ1n) is 10.2. The number of aryl methyl sites for hydroxylation is 2. The van der Waals surface area contributed by atoms with Crippen molar-refractivity contribution in [2.45, 2.75) is 26.9 Å². The van der Waals surface area contributed by atoms with Gasteiger partial charge in [0.25, 0.3) is 0 Å². The molecular weight excluding hydrogens is 367 g/mol. The fourth-order valence-corrected chi connectivity index (χ4v) is 8.70. The smallest absolute Gasteiger partial charge is 0.0620 e. The maximum Gasteiger partial charge on any atom is 0.116 e. The lowest BCUT2D eigenvalue weighted by Gasteiger charge is -2.29. The van der Waals surface area contributed by atoms with Crippen LogP contribution in [0, 0.1) is 20.8 Å². The zero-order chi connectivity index (χ0) is 20.3. The van der Waals surface area contributed by atoms with E-state index in [4.69, 9.17) is 0 Å². The number of benzene rings is 4. The minimum Gasteiger partial charge on any atom is -0.0620 e. The van der Waals surface area contributed by atoms with Crippen LogP contribution in [0.5, 0.6) is 0 Å². The first-order chi connectivity index (χ1) is 14.1. The summed E-state index contributed by atoms with van der Waals surface area (Å²) in [5.41, 5.74) is 5.69. The molecular formula is C28H28P+. The molecule has 0 bridgehead atoms. The first-order valence-corrected chi connectivity index (χ1v) is 12.2. The van der Waals surface area contributed by atoms with Gasteiger partial charge in [0, 0.05) is 0 Å². The monoisotopic (exact) mass is 395 g/mol. The molecule has 144 valence electrons. The van der Waals surface area contributed by atoms with Gasteiger partial charge >= 0.3 is 0 Å². The van der Waals surface area contributed by atoms with Gasteiger partial charge in [-0.3, -0.25) is 0 Å². The van der Waals surface area contributed by atoms with E-state index >= 15 is 0 Å². The van der Waals surface area contributed by atoms with E-state index in [0.717, 1.165) is 6.16 Å². The molecule has 29 heavy (non-hydrogen) atoms. The molecule has 4 aromatic rings. The minimum atomic E-state index is -1.85. The Bertz CT molecular complexity index is 987. The van der Waals surface area contributed by atoms with E-state index in [9.17, 15) is 0 Å².